The summed E-state index contributed by atoms with van der Waals surface area (Å²) in [5.41, 5.74) is 2.65. The number of likely N-dealkylation sites (tertiary alicyclic amines) is 2. The molecule has 32 heavy (non-hydrogen) atoms. The minimum atomic E-state index is -0.206. The number of carbonyl (C=O) groups excluding carboxylic acids is 2. The SMILES string of the molecule is CCOC(=O)N1CCC(N2CCC3(CC2)CN(C(=O)OC(C)C)Cc2ccccc23)CC1. The summed E-state index contributed by atoms with van der Waals surface area (Å²) in [6.45, 7) is 11.0. The molecule has 3 heterocycles. The van der Waals surface area contributed by atoms with Crippen molar-refractivity contribution in [2.24, 2.45) is 0 Å². The maximum atomic E-state index is 12.7. The van der Waals surface area contributed by atoms with Crippen LogP contribution in [0.15, 0.2) is 24.3 Å². The fourth-order valence-electron chi connectivity index (χ4n) is 5.67. The van der Waals surface area contributed by atoms with E-state index in [-0.39, 0.29) is 23.7 Å². The van der Waals surface area contributed by atoms with Gasteiger partial charge in [0, 0.05) is 37.6 Å². The van der Waals surface area contributed by atoms with Crippen LogP contribution in [0.3, 0.4) is 0 Å². The zero-order valence-corrected chi connectivity index (χ0v) is 19.7. The molecule has 0 saturated carbocycles. The fourth-order valence-corrected chi connectivity index (χ4v) is 5.67. The molecule has 2 amide bonds. The highest BCUT2D eigenvalue weighted by molar-refractivity contribution is 5.69. The van der Waals surface area contributed by atoms with Crippen LogP contribution in [0.4, 0.5) is 9.59 Å². The average Bonchev–Trinajstić information content (AvgIpc) is 2.79. The highest BCUT2D eigenvalue weighted by Gasteiger charge is 2.44. The Morgan fingerprint density at radius 2 is 1.72 bits per heavy atom. The molecule has 0 N–H and O–H groups in total. The van der Waals surface area contributed by atoms with Crippen LogP contribution in [-0.4, -0.2) is 78.4 Å². The Bertz CT molecular complexity index is 811. The smallest absolute Gasteiger partial charge is 0.410 e. The molecular weight excluding hydrogens is 406 g/mol. The van der Waals surface area contributed by atoms with Crippen molar-refractivity contribution < 1.29 is 19.1 Å². The molecule has 0 radical (unpaired) electrons. The first-order valence-corrected chi connectivity index (χ1v) is 12.1. The van der Waals surface area contributed by atoms with Crippen LogP contribution >= 0.6 is 0 Å². The minimum Gasteiger partial charge on any atom is -0.450 e. The van der Waals surface area contributed by atoms with E-state index in [0.717, 1.165) is 58.4 Å². The van der Waals surface area contributed by atoms with Crippen LogP contribution in [-0.2, 0) is 21.4 Å². The van der Waals surface area contributed by atoms with E-state index < -0.39 is 0 Å². The normalized spacial score (nSPS) is 21.5. The number of rotatable bonds is 3. The standard InChI is InChI=1S/C25H37N3O4/c1-4-31-23(29)27-13-9-21(10-14-27)26-15-11-25(12-16-26)18-28(24(30)32-19(2)3)17-20-7-5-6-8-22(20)25/h5-8,19,21H,4,9-18H2,1-3H3. The maximum Gasteiger partial charge on any atom is 0.410 e. The van der Waals surface area contributed by atoms with Crippen molar-refractivity contribution in [2.45, 2.75) is 70.6 Å². The third-order valence-electron chi connectivity index (χ3n) is 7.30. The minimum absolute atomic E-state index is 0.00697. The molecule has 0 aromatic heterocycles. The highest BCUT2D eigenvalue weighted by atomic mass is 16.6. The molecule has 1 spiro atoms. The Balaban J connectivity index is 1.41. The monoisotopic (exact) mass is 443 g/mol. The van der Waals surface area contributed by atoms with E-state index >= 15 is 0 Å². The van der Waals surface area contributed by atoms with Gasteiger partial charge >= 0.3 is 12.2 Å². The van der Waals surface area contributed by atoms with Crippen molar-refractivity contribution in [3.8, 4) is 0 Å². The van der Waals surface area contributed by atoms with E-state index in [1.54, 1.807) is 0 Å². The Morgan fingerprint density at radius 3 is 2.38 bits per heavy atom. The first kappa shape index (κ1) is 22.9. The number of carbonyl (C=O) groups is 2. The quantitative estimate of drug-likeness (QED) is 0.707. The zero-order chi connectivity index (χ0) is 22.7. The molecule has 176 valence electrons. The van der Waals surface area contributed by atoms with Crippen LogP contribution in [0.25, 0.3) is 0 Å². The van der Waals surface area contributed by atoms with Crippen molar-refractivity contribution >= 4 is 12.2 Å². The number of fused-ring (bicyclic) bond motifs is 2. The van der Waals surface area contributed by atoms with Gasteiger partial charge in [-0.15, -0.1) is 0 Å². The van der Waals surface area contributed by atoms with Crippen LogP contribution in [0.5, 0.6) is 0 Å². The first-order chi connectivity index (χ1) is 15.4. The van der Waals surface area contributed by atoms with Gasteiger partial charge in [-0.2, -0.15) is 0 Å². The highest BCUT2D eigenvalue weighted by Crippen LogP contribution is 2.42. The van der Waals surface area contributed by atoms with Crippen LogP contribution in [0.1, 0.15) is 57.6 Å². The number of hydrogen-bond acceptors (Lipinski definition) is 5. The number of nitrogens with zero attached hydrogens (tertiary/aromatic N) is 3. The summed E-state index contributed by atoms with van der Waals surface area (Å²) in [6.07, 6.45) is 3.56. The molecular formula is C25H37N3O4. The third kappa shape index (κ3) is 4.72. The lowest BCUT2D eigenvalue weighted by atomic mass is 9.68. The van der Waals surface area contributed by atoms with Gasteiger partial charge in [-0.05, 0) is 70.7 Å². The van der Waals surface area contributed by atoms with Gasteiger partial charge in [0.05, 0.1) is 12.7 Å². The Labute approximate surface area is 191 Å². The fraction of sp³-hybridized carbons (Fsp3) is 0.680. The number of piperidine rings is 2. The van der Waals surface area contributed by atoms with Crippen LogP contribution < -0.4 is 0 Å². The summed E-state index contributed by atoms with van der Waals surface area (Å²) in [6, 6.07) is 9.12. The van der Waals surface area contributed by atoms with E-state index in [1.165, 1.54) is 11.1 Å². The number of amides is 2. The average molecular weight is 444 g/mol. The first-order valence-electron chi connectivity index (χ1n) is 12.1. The molecule has 7 heteroatoms. The van der Waals surface area contributed by atoms with Gasteiger partial charge in [0.1, 0.15) is 0 Å². The van der Waals surface area contributed by atoms with E-state index in [2.05, 4.69) is 29.2 Å². The van der Waals surface area contributed by atoms with Crippen LogP contribution in [0, 0.1) is 0 Å². The van der Waals surface area contributed by atoms with Gasteiger partial charge in [-0.25, -0.2) is 9.59 Å². The molecule has 0 unspecified atom stereocenters. The number of hydrogen-bond donors (Lipinski definition) is 0. The van der Waals surface area contributed by atoms with Gasteiger partial charge in [0.2, 0.25) is 0 Å². The second kappa shape index (κ2) is 9.69. The predicted octanol–water partition coefficient (Wildman–Crippen LogP) is 4.00. The van der Waals surface area contributed by atoms with Gasteiger partial charge in [0.25, 0.3) is 0 Å². The Kier molecular flexibility index (Phi) is 6.93. The van der Waals surface area contributed by atoms with Crippen molar-refractivity contribution in [2.75, 3.05) is 39.3 Å². The van der Waals surface area contributed by atoms with Gasteiger partial charge < -0.3 is 24.2 Å². The molecule has 3 aliphatic heterocycles. The summed E-state index contributed by atoms with van der Waals surface area (Å²) in [5.74, 6) is 0. The molecule has 0 aliphatic carbocycles. The van der Waals surface area contributed by atoms with Crippen molar-refractivity contribution in [3.63, 3.8) is 0 Å². The molecule has 4 rings (SSSR count). The van der Waals surface area contributed by atoms with Gasteiger partial charge in [-0.3, -0.25) is 0 Å². The summed E-state index contributed by atoms with van der Waals surface area (Å²) in [7, 11) is 0. The Morgan fingerprint density at radius 1 is 1.03 bits per heavy atom. The number of benzene rings is 1. The topological polar surface area (TPSA) is 62.3 Å². The van der Waals surface area contributed by atoms with E-state index in [4.69, 9.17) is 9.47 Å². The summed E-state index contributed by atoms with van der Waals surface area (Å²) in [5, 5.41) is 0. The Hall–Kier alpha value is -2.28. The van der Waals surface area contributed by atoms with Crippen LogP contribution in [0.2, 0.25) is 0 Å². The lowest BCUT2D eigenvalue weighted by Gasteiger charge is -2.50. The van der Waals surface area contributed by atoms with Gasteiger partial charge in [-0.1, -0.05) is 24.3 Å². The summed E-state index contributed by atoms with van der Waals surface area (Å²) in [4.78, 5) is 31.1. The molecule has 0 bridgehead atoms. The molecule has 2 saturated heterocycles. The maximum absolute atomic E-state index is 12.7. The van der Waals surface area contributed by atoms with E-state index in [1.807, 2.05) is 30.6 Å². The van der Waals surface area contributed by atoms with E-state index in [0.29, 0.717) is 19.2 Å². The lowest BCUT2D eigenvalue weighted by molar-refractivity contribution is 0.0319. The van der Waals surface area contributed by atoms with Crippen molar-refractivity contribution in [3.05, 3.63) is 35.4 Å². The predicted molar refractivity (Wildman–Crippen MR) is 123 cm³/mol. The third-order valence-corrected chi connectivity index (χ3v) is 7.30. The second-order valence-electron chi connectivity index (χ2n) is 9.68. The molecule has 1 aromatic carbocycles. The molecule has 0 atom stereocenters. The van der Waals surface area contributed by atoms with Crippen molar-refractivity contribution in [1.82, 2.24) is 14.7 Å². The van der Waals surface area contributed by atoms with Gasteiger partial charge in [0.15, 0.2) is 0 Å². The van der Waals surface area contributed by atoms with E-state index in [9.17, 15) is 9.59 Å². The zero-order valence-electron chi connectivity index (χ0n) is 19.7. The lowest BCUT2D eigenvalue weighted by Crippen LogP contribution is -2.56. The summed E-state index contributed by atoms with van der Waals surface area (Å²) < 4.78 is 10.7. The largest absolute Gasteiger partial charge is 0.450 e. The molecule has 3 aliphatic rings. The number of ether oxygens (including phenoxy) is 2. The second-order valence-corrected chi connectivity index (χ2v) is 9.68. The van der Waals surface area contributed by atoms with Crippen molar-refractivity contribution in [1.29, 1.82) is 0 Å². The summed E-state index contributed by atoms with van der Waals surface area (Å²) >= 11 is 0. The molecule has 7 nitrogen and oxygen atoms in total. The molecule has 1 aromatic rings. The molecule has 2 fully saturated rings.